The van der Waals surface area contributed by atoms with E-state index in [2.05, 4.69) is 5.32 Å². The van der Waals surface area contributed by atoms with Gasteiger partial charge in [0.15, 0.2) is 0 Å². The van der Waals surface area contributed by atoms with E-state index in [-0.39, 0.29) is 6.54 Å². The third-order valence-corrected chi connectivity index (χ3v) is 2.03. The number of anilines is 1. The lowest BCUT2D eigenvalue weighted by molar-refractivity contribution is 0.163. The lowest BCUT2D eigenvalue weighted by atomic mass is 10.0. The SMILES string of the molecule is CC(C)c1ccccc1NCC(F)F. The van der Waals surface area contributed by atoms with E-state index in [4.69, 9.17) is 0 Å². The summed E-state index contributed by atoms with van der Waals surface area (Å²) in [6, 6.07) is 7.55. The average molecular weight is 199 g/mol. The molecule has 78 valence electrons. The summed E-state index contributed by atoms with van der Waals surface area (Å²) in [5, 5.41) is 2.74. The number of halogens is 2. The predicted octanol–water partition coefficient (Wildman–Crippen LogP) is 3.49. The highest BCUT2D eigenvalue weighted by Gasteiger charge is 2.07. The van der Waals surface area contributed by atoms with Gasteiger partial charge < -0.3 is 5.32 Å². The number of rotatable bonds is 4. The van der Waals surface area contributed by atoms with Gasteiger partial charge in [0.05, 0.1) is 6.54 Å². The van der Waals surface area contributed by atoms with E-state index >= 15 is 0 Å². The van der Waals surface area contributed by atoms with E-state index in [9.17, 15) is 8.78 Å². The van der Waals surface area contributed by atoms with Crippen LogP contribution in [0.5, 0.6) is 0 Å². The summed E-state index contributed by atoms with van der Waals surface area (Å²) in [7, 11) is 0. The van der Waals surface area contributed by atoms with Crippen molar-refractivity contribution < 1.29 is 8.78 Å². The molecule has 0 radical (unpaired) electrons. The molecule has 14 heavy (non-hydrogen) atoms. The molecule has 3 heteroatoms. The Hall–Kier alpha value is -1.12. The van der Waals surface area contributed by atoms with Crippen molar-refractivity contribution in [1.82, 2.24) is 0 Å². The maximum Gasteiger partial charge on any atom is 0.255 e. The van der Waals surface area contributed by atoms with Gasteiger partial charge in [0.25, 0.3) is 6.43 Å². The van der Waals surface area contributed by atoms with Crippen molar-refractivity contribution in [2.24, 2.45) is 0 Å². The first-order chi connectivity index (χ1) is 6.61. The zero-order valence-corrected chi connectivity index (χ0v) is 8.43. The van der Waals surface area contributed by atoms with Crippen LogP contribution in [-0.4, -0.2) is 13.0 Å². The van der Waals surface area contributed by atoms with E-state index < -0.39 is 6.43 Å². The standard InChI is InChI=1S/C11H15F2N/c1-8(2)9-5-3-4-6-10(9)14-7-11(12)13/h3-6,8,11,14H,7H2,1-2H3. The number of alkyl halides is 2. The van der Waals surface area contributed by atoms with Gasteiger partial charge in [-0.3, -0.25) is 0 Å². The molecule has 0 aliphatic rings. The van der Waals surface area contributed by atoms with Crippen LogP contribution in [0.25, 0.3) is 0 Å². The van der Waals surface area contributed by atoms with E-state index in [1.165, 1.54) is 0 Å². The van der Waals surface area contributed by atoms with Crippen LogP contribution in [0.1, 0.15) is 25.3 Å². The summed E-state index contributed by atoms with van der Waals surface area (Å²) in [4.78, 5) is 0. The van der Waals surface area contributed by atoms with Gasteiger partial charge in [-0.15, -0.1) is 0 Å². The quantitative estimate of drug-likeness (QED) is 0.782. The summed E-state index contributed by atoms with van der Waals surface area (Å²) >= 11 is 0. The fourth-order valence-corrected chi connectivity index (χ4v) is 1.35. The number of hydrogen-bond acceptors (Lipinski definition) is 1. The fraction of sp³-hybridized carbons (Fsp3) is 0.455. The lowest BCUT2D eigenvalue weighted by Gasteiger charge is -2.13. The zero-order valence-electron chi connectivity index (χ0n) is 8.43. The summed E-state index contributed by atoms with van der Waals surface area (Å²) < 4.78 is 24.0. The van der Waals surface area contributed by atoms with E-state index in [0.29, 0.717) is 5.92 Å². The second-order valence-corrected chi connectivity index (χ2v) is 3.51. The Morgan fingerprint density at radius 1 is 1.21 bits per heavy atom. The molecule has 1 nitrogen and oxygen atoms in total. The number of para-hydroxylation sites is 1. The number of hydrogen-bond donors (Lipinski definition) is 1. The largest absolute Gasteiger partial charge is 0.379 e. The molecule has 0 atom stereocenters. The first kappa shape index (κ1) is 11.0. The van der Waals surface area contributed by atoms with Crippen molar-refractivity contribution in [2.45, 2.75) is 26.2 Å². The molecular formula is C11H15F2N. The zero-order chi connectivity index (χ0) is 10.6. The highest BCUT2D eigenvalue weighted by atomic mass is 19.3. The molecule has 1 aromatic rings. The minimum absolute atomic E-state index is 0.288. The topological polar surface area (TPSA) is 12.0 Å². The Bertz CT molecular complexity index is 284. The van der Waals surface area contributed by atoms with Gasteiger partial charge >= 0.3 is 0 Å². The second kappa shape index (κ2) is 4.94. The van der Waals surface area contributed by atoms with E-state index in [0.717, 1.165) is 11.3 Å². The van der Waals surface area contributed by atoms with Gasteiger partial charge in [0.1, 0.15) is 0 Å². The molecule has 0 fully saturated rings. The molecule has 0 bridgehead atoms. The van der Waals surface area contributed by atoms with Crippen LogP contribution in [0.2, 0.25) is 0 Å². The predicted molar refractivity (Wildman–Crippen MR) is 55.0 cm³/mol. The van der Waals surface area contributed by atoms with Crippen molar-refractivity contribution in [1.29, 1.82) is 0 Å². The summed E-state index contributed by atoms with van der Waals surface area (Å²) in [5.41, 5.74) is 1.89. The van der Waals surface area contributed by atoms with Gasteiger partial charge in [0, 0.05) is 5.69 Å². The van der Waals surface area contributed by atoms with Crippen LogP contribution in [-0.2, 0) is 0 Å². The second-order valence-electron chi connectivity index (χ2n) is 3.51. The van der Waals surface area contributed by atoms with Crippen molar-refractivity contribution in [2.75, 3.05) is 11.9 Å². The Kier molecular flexibility index (Phi) is 3.86. The van der Waals surface area contributed by atoms with Crippen LogP contribution in [0.4, 0.5) is 14.5 Å². The normalized spacial score (nSPS) is 11.0. The highest BCUT2D eigenvalue weighted by molar-refractivity contribution is 5.52. The first-order valence-corrected chi connectivity index (χ1v) is 4.72. The smallest absolute Gasteiger partial charge is 0.255 e. The van der Waals surface area contributed by atoms with Crippen LogP contribution < -0.4 is 5.32 Å². The third kappa shape index (κ3) is 2.98. The Balaban J connectivity index is 2.74. The highest BCUT2D eigenvalue weighted by Crippen LogP contribution is 2.23. The monoisotopic (exact) mass is 199 g/mol. The average Bonchev–Trinajstić information content (AvgIpc) is 2.15. The van der Waals surface area contributed by atoms with Gasteiger partial charge in [-0.25, -0.2) is 8.78 Å². The van der Waals surface area contributed by atoms with Crippen LogP contribution >= 0.6 is 0 Å². The fourth-order valence-electron chi connectivity index (χ4n) is 1.35. The number of nitrogens with one attached hydrogen (secondary N) is 1. The van der Waals surface area contributed by atoms with E-state index in [1.807, 2.05) is 38.1 Å². The maximum absolute atomic E-state index is 12.0. The van der Waals surface area contributed by atoms with Crippen LogP contribution in [0.3, 0.4) is 0 Å². The molecule has 1 rings (SSSR count). The minimum atomic E-state index is -2.31. The lowest BCUT2D eigenvalue weighted by Crippen LogP contribution is -2.11. The number of benzene rings is 1. The van der Waals surface area contributed by atoms with Crippen molar-refractivity contribution in [3.8, 4) is 0 Å². The van der Waals surface area contributed by atoms with Gasteiger partial charge in [0.2, 0.25) is 0 Å². The molecule has 0 saturated heterocycles. The Morgan fingerprint density at radius 2 is 1.86 bits per heavy atom. The molecule has 0 aliphatic carbocycles. The molecular weight excluding hydrogens is 184 g/mol. The Morgan fingerprint density at radius 3 is 2.43 bits per heavy atom. The Labute approximate surface area is 83.1 Å². The molecule has 0 aromatic heterocycles. The van der Waals surface area contributed by atoms with Crippen LogP contribution in [0, 0.1) is 0 Å². The maximum atomic E-state index is 12.0. The van der Waals surface area contributed by atoms with Gasteiger partial charge in [-0.1, -0.05) is 32.0 Å². The first-order valence-electron chi connectivity index (χ1n) is 4.72. The van der Waals surface area contributed by atoms with Crippen molar-refractivity contribution in [3.63, 3.8) is 0 Å². The summed E-state index contributed by atoms with van der Waals surface area (Å²) in [5.74, 6) is 0.344. The molecule has 0 amide bonds. The summed E-state index contributed by atoms with van der Waals surface area (Å²) in [6.45, 7) is 3.80. The van der Waals surface area contributed by atoms with Crippen LogP contribution in [0.15, 0.2) is 24.3 Å². The molecule has 0 heterocycles. The molecule has 0 saturated carbocycles. The third-order valence-electron chi connectivity index (χ3n) is 2.03. The van der Waals surface area contributed by atoms with Crippen molar-refractivity contribution in [3.05, 3.63) is 29.8 Å². The van der Waals surface area contributed by atoms with Crippen molar-refractivity contribution >= 4 is 5.69 Å². The molecule has 0 aliphatic heterocycles. The van der Waals surface area contributed by atoms with Gasteiger partial charge in [-0.2, -0.15) is 0 Å². The molecule has 1 N–H and O–H groups in total. The summed E-state index contributed by atoms with van der Waals surface area (Å²) in [6.07, 6.45) is -2.31. The van der Waals surface area contributed by atoms with Gasteiger partial charge in [-0.05, 0) is 17.5 Å². The minimum Gasteiger partial charge on any atom is -0.379 e. The molecule has 0 spiro atoms. The molecule has 1 aromatic carbocycles. The molecule has 0 unspecified atom stereocenters. The van der Waals surface area contributed by atoms with E-state index in [1.54, 1.807) is 0 Å².